The van der Waals surface area contributed by atoms with Gasteiger partial charge < -0.3 is 5.32 Å². The summed E-state index contributed by atoms with van der Waals surface area (Å²) in [5.74, 6) is -0.419. The summed E-state index contributed by atoms with van der Waals surface area (Å²) in [6.07, 6.45) is 2.21. The van der Waals surface area contributed by atoms with Crippen molar-refractivity contribution in [2.45, 2.75) is 56.1 Å². The molecule has 1 saturated carbocycles. The molecule has 1 amide bonds. The molecule has 0 radical (unpaired) electrons. The lowest BCUT2D eigenvalue weighted by Crippen LogP contribution is -2.47. The summed E-state index contributed by atoms with van der Waals surface area (Å²) in [5.41, 5.74) is 3.66. The van der Waals surface area contributed by atoms with Crippen LogP contribution >= 0.6 is 0 Å². The van der Waals surface area contributed by atoms with Crippen LogP contribution in [-0.4, -0.2) is 19.1 Å². The molecule has 26 heavy (non-hydrogen) atoms. The molecule has 5 heteroatoms. The first-order chi connectivity index (χ1) is 12.3. The van der Waals surface area contributed by atoms with E-state index in [1.165, 1.54) is 0 Å². The number of rotatable bonds is 4. The fourth-order valence-electron chi connectivity index (χ4n) is 3.55. The van der Waals surface area contributed by atoms with E-state index in [0.717, 1.165) is 29.5 Å². The average Bonchev–Trinajstić information content (AvgIpc) is 3.11. The summed E-state index contributed by atoms with van der Waals surface area (Å²) in [5, 5.41) is 2.84. The highest BCUT2D eigenvalue weighted by atomic mass is 32.2. The molecule has 138 valence electrons. The predicted molar refractivity (Wildman–Crippen MR) is 104 cm³/mol. The van der Waals surface area contributed by atoms with E-state index < -0.39 is 20.5 Å². The average molecular weight is 372 g/mol. The first-order valence-electron chi connectivity index (χ1n) is 8.96. The first-order valence-corrected chi connectivity index (χ1v) is 10.4. The third-order valence-corrected chi connectivity index (χ3v) is 7.93. The topological polar surface area (TPSA) is 63.2 Å². The number of benzene rings is 2. The van der Waals surface area contributed by atoms with E-state index in [1.54, 1.807) is 24.3 Å². The van der Waals surface area contributed by atoms with Gasteiger partial charge in [-0.25, -0.2) is 8.42 Å². The minimum Gasteiger partial charge on any atom is -0.325 e. The number of carbonyl (C=O) groups excluding carboxylic acids is 1. The monoisotopic (exact) mass is 371 g/mol. The van der Waals surface area contributed by atoms with E-state index in [0.29, 0.717) is 18.5 Å². The number of nitrogens with one attached hydrogen (secondary N) is 1. The molecule has 0 aliphatic heterocycles. The van der Waals surface area contributed by atoms with E-state index >= 15 is 0 Å². The molecular formula is C21H25NO3S. The van der Waals surface area contributed by atoms with Crippen molar-refractivity contribution in [2.75, 3.05) is 5.32 Å². The predicted octanol–water partition coefficient (Wildman–Crippen LogP) is 4.34. The number of aryl methyl sites for hydroxylation is 3. The number of hydrogen-bond donors (Lipinski definition) is 1. The van der Waals surface area contributed by atoms with Gasteiger partial charge in [-0.2, -0.15) is 0 Å². The Morgan fingerprint density at radius 1 is 0.923 bits per heavy atom. The lowest BCUT2D eigenvalue weighted by atomic mass is 10.1. The molecule has 0 atom stereocenters. The standard InChI is InChI=1S/C21H25NO3S/c1-15-6-9-18(10-7-15)22-20(23)21(12-4-5-13-21)26(24,25)19-11-8-16(2)17(3)14-19/h6-11,14H,4-5,12-13H2,1-3H3,(H,22,23). The van der Waals surface area contributed by atoms with Gasteiger partial charge in [0.15, 0.2) is 14.6 Å². The quantitative estimate of drug-likeness (QED) is 0.870. The van der Waals surface area contributed by atoms with E-state index in [-0.39, 0.29) is 4.90 Å². The van der Waals surface area contributed by atoms with Crippen molar-refractivity contribution in [3.63, 3.8) is 0 Å². The highest BCUT2D eigenvalue weighted by molar-refractivity contribution is 7.93. The summed E-state index contributed by atoms with van der Waals surface area (Å²) < 4.78 is 25.5. The van der Waals surface area contributed by atoms with Crippen molar-refractivity contribution in [2.24, 2.45) is 0 Å². The summed E-state index contributed by atoms with van der Waals surface area (Å²) in [6, 6.07) is 12.5. The summed E-state index contributed by atoms with van der Waals surface area (Å²) in [7, 11) is -3.78. The lowest BCUT2D eigenvalue weighted by Gasteiger charge is -2.28. The Kier molecular flexibility index (Phi) is 4.93. The second-order valence-corrected chi connectivity index (χ2v) is 9.53. The van der Waals surface area contributed by atoms with E-state index in [2.05, 4.69) is 5.32 Å². The van der Waals surface area contributed by atoms with Gasteiger partial charge in [-0.15, -0.1) is 0 Å². The minimum atomic E-state index is -3.78. The van der Waals surface area contributed by atoms with Gasteiger partial charge in [0.05, 0.1) is 4.90 Å². The number of carbonyl (C=O) groups is 1. The molecule has 1 fully saturated rings. The third kappa shape index (κ3) is 3.16. The van der Waals surface area contributed by atoms with Crippen molar-refractivity contribution >= 4 is 21.4 Å². The van der Waals surface area contributed by atoms with Crippen LogP contribution in [0.1, 0.15) is 42.4 Å². The Hall–Kier alpha value is -2.14. The SMILES string of the molecule is Cc1ccc(NC(=O)C2(S(=O)(=O)c3ccc(C)c(C)c3)CCCC2)cc1. The smallest absolute Gasteiger partial charge is 0.246 e. The Morgan fingerprint density at radius 3 is 2.12 bits per heavy atom. The fourth-order valence-corrected chi connectivity index (χ4v) is 5.70. The van der Waals surface area contributed by atoms with Crippen molar-refractivity contribution in [3.05, 3.63) is 59.2 Å². The van der Waals surface area contributed by atoms with Crippen LogP contribution in [0.3, 0.4) is 0 Å². The number of amides is 1. The number of sulfone groups is 1. The Labute approximate surface area is 155 Å². The highest BCUT2D eigenvalue weighted by Crippen LogP contribution is 2.41. The molecule has 2 aromatic carbocycles. The molecule has 0 bridgehead atoms. The van der Waals surface area contributed by atoms with Crippen LogP contribution in [0.15, 0.2) is 47.4 Å². The zero-order chi connectivity index (χ0) is 18.9. The van der Waals surface area contributed by atoms with Crippen molar-refractivity contribution < 1.29 is 13.2 Å². The molecular weight excluding hydrogens is 346 g/mol. The van der Waals surface area contributed by atoms with Crippen LogP contribution in [0.4, 0.5) is 5.69 Å². The van der Waals surface area contributed by atoms with E-state index in [4.69, 9.17) is 0 Å². The minimum absolute atomic E-state index is 0.238. The van der Waals surface area contributed by atoms with Crippen LogP contribution in [0.25, 0.3) is 0 Å². The van der Waals surface area contributed by atoms with Gasteiger partial charge in [-0.05, 0) is 69.0 Å². The second-order valence-electron chi connectivity index (χ2n) is 7.27. The summed E-state index contributed by atoms with van der Waals surface area (Å²) in [4.78, 5) is 13.3. The molecule has 1 aliphatic rings. The zero-order valence-corrected chi connectivity index (χ0v) is 16.3. The highest BCUT2D eigenvalue weighted by Gasteiger charge is 2.53. The van der Waals surface area contributed by atoms with Crippen LogP contribution in [0.2, 0.25) is 0 Å². The van der Waals surface area contributed by atoms with Gasteiger partial charge in [-0.3, -0.25) is 4.79 Å². The lowest BCUT2D eigenvalue weighted by molar-refractivity contribution is -0.118. The van der Waals surface area contributed by atoms with Crippen molar-refractivity contribution in [1.29, 1.82) is 0 Å². The Morgan fingerprint density at radius 2 is 1.54 bits per heavy atom. The van der Waals surface area contributed by atoms with Gasteiger partial charge in [0.1, 0.15) is 0 Å². The van der Waals surface area contributed by atoms with E-state index in [1.807, 2.05) is 39.0 Å². The molecule has 1 N–H and O–H groups in total. The molecule has 0 spiro atoms. The zero-order valence-electron chi connectivity index (χ0n) is 15.5. The van der Waals surface area contributed by atoms with Gasteiger partial charge in [0.2, 0.25) is 5.91 Å². The number of hydrogen-bond acceptors (Lipinski definition) is 3. The van der Waals surface area contributed by atoms with Crippen LogP contribution < -0.4 is 5.32 Å². The molecule has 0 saturated heterocycles. The molecule has 4 nitrogen and oxygen atoms in total. The fraction of sp³-hybridized carbons (Fsp3) is 0.381. The van der Waals surface area contributed by atoms with Crippen LogP contribution in [-0.2, 0) is 14.6 Å². The maximum absolute atomic E-state index is 13.4. The third-order valence-electron chi connectivity index (χ3n) is 5.44. The van der Waals surface area contributed by atoms with Crippen LogP contribution in [0, 0.1) is 20.8 Å². The van der Waals surface area contributed by atoms with Crippen molar-refractivity contribution in [3.8, 4) is 0 Å². The van der Waals surface area contributed by atoms with Gasteiger partial charge in [-0.1, -0.05) is 36.6 Å². The summed E-state index contributed by atoms with van der Waals surface area (Å²) >= 11 is 0. The van der Waals surface area contributed by atoms with Crippen LogP contribution in [0.5, 0.6) is 0 Å². The molecule has 1 aliphatic carbocycles. The number of anilines is 1. The summed E-state index contributed by atoms with van der Waals surface area (Å²) in [6.45, 7) is 5.80. The molecule has 0 aromatic heterocycles. The van der Waals surface area contributed by atoms with E-state index in [9.17, 15) is 13.2 Å². The first kappa shape index (κ1) is 18.6. The molecule has 0 unspecified atom stereocenters. The molecule has 2 aromatic rings. The molecule has 0 heterocycles. The second kappa shape index (κ2) is 6.88. The normalized spacial score (nSPS) is 16.4. The van der Waals surface area contributed by atoms with Crippen molar-refractivity contribution in [1.82, 2.24) is 0 Å². The molecule has 3 rings (SSSR count). The Balaban J connectivity index is 1.99. The van der Waals surface area contributed by atoms with Gasteiger partial charge in [0, 0.05) is 5.69 Å². The van der Waals surface area contributed by atoms with Gasteiger partial charge >= 0.3 is 0 Å². The maximum Gasteiger partial charge on any atom is 0.246 e. The van der Waals surface area contributed by atoms with Gasteiger partial charge in [0.25, 0.3) is 0 Å². The largest absolute Gasteiger partial charge is 0.325 e. The Bertz CT molecular complexity index is 924. The maximum atomic E-state index is 13.4.